The fraction of sp³-hybridized carbons (Fsp3) is 0.0667. The average molecular weight is 544 g/mol. The summed E-state index contributed by atoms with van der Waals surface area (Å²) in [6.07, 6.45) is 0. The molecule has 1 amide bonds. The predicted octanol–water partition coefficient (Wildman–Crippen LogP) is 6.45. The quantitative estimate of drug-likeness (QED) is 0.219. The number of sulfonamides is 1. The summed E-state index contributed by atoms with van der Waals surface area (Å²) in [4.78, 5) is 26.5. The van der Waals surface area contributed by atoms with Gasteiger partial charge in [0.25, 0.3) is 15.9 Å². The van der Waals surface area contributed by atoms with Crippen molar-refractivity contribution in [2.24, 2.45) is 0 Å². The van der Waals surface area contributed by atoms with E-state index in [0.717, 1.165) is 24.3 Å². The van der Waals surface area contributed by atoms with Crippen molar-refractivity contribution >= 4 is 38.6 Å². The van der Waals surface area contributed by atoms with Gasteiger partial charge in [-0.1, -0.05) is 48.5 Å². The van der Waals surface area contributed by atoms with Crippen LogP contribution in [0.15, 0.2) is 112 Å². The van der Waals surface area contributed by atoms with Crippen LogP contribution in [0.2, 0.25) is 0 Å². The van der Waals surface area contributed by atoms with Crippen LogP contribution in [0.3, 0.4) is 0 Å². The number of nitrogens with zero attached hydrogens (tertiary/aromatic N) is 1. The molecule has 0 unspecified atom stereocenters. The molecular weight excluding hydrogens is 521 g/mol. The molecule has 196 valence electrons. The number of amides is 1. The van der Waals surface area contributed by atoms with E-state index in [1.54, 1.807) is 49.4 Å². The summed E-state index contributed by atoms with van der Waals surface area (Å²) in [5.41, 5.74) is 1.10. The van der Waals surface area contributed by atoms with Crippen molar-refractivity contribution < 1.29 is 31.6 Å². The molecule has 0 saturated heterocycles. The Kier molecular flexibility index (Phi) is 7.00. The lowest BCUT2D eigenvalue weighted by atomic mass is 10.1. The van der Waals surface area contributed by atoms with E-state index in [9.17, 15) is 22.4 Å². The smallest absolute Gasteiger partial charge is 0.342 e. The van der Waals surface area contributed by atoms with Gasteiger partial charge in [-0.3, -0.25) is 4.79 Å². The van der Waals surface area contributed by atoms with Gasteiger partial charge in [0.15, 0.2) is 0 Å². The first kappa shape index (κ1) is 25.9. The zero-order valence-corrected chi connectivity index (χ0v) is 21.5. The Morgan fingerprint density at radius 2 is 1.51 bits per heavy atom. The maximum atomic E-state index is 13.8. The monoisotopic (exact) mass is 543 g/mol. The zero-order valence-electron chi connectivity index (χ0n) is 20.7. The van der Waals surface area contributed by atoms with Crippen molar-refractivity contribution in [3.8, 4) is 11.3 Å². The Morgan fingerprint density at radius 3 is 2.15 bits per heavy atom. The minimum atomic E-state index is -4.51. The van der Waals surface area contributed by atoms with Gasteiger partial charge in [0.05, 0.1) is 17.2 Å². The summed E-state index contributed by atoms with van der Waals surface area (Å²) < 4.78 is 53.2. The lowest BCUT2D eigenvalue weighted by Gasteiger charge is -2.23. The zero-order chi connectivity index (χ0) is 27.6. The van der Waals surface area contributed by atoms with Gasteiger partial charge in [-0.05, 0) is 61.5 Å². The van der Waals surface area contributed by atoms with Crippen LogP contribution in [0.25, 0.3) is 22.3 Å². The number of benzene rings is 4. The summed E-state index contributed by atoms with van der Waals surface area (Å²) in [5.74, 6) is -1.86. The molecule has 0 spiro atoms. The van der Waals surface area contributed by atoms with Crippen LogP contribution in [0.5, 0.6) is 0 Å². The van der Waals surface area contributed by atoms with Gasteiger partial charge < -0.3 is 9.15 Å². The van der Waals surface area contributed by atoms with Crippen molar-refractivity contribution in [2.45, 2.75) is 11.8 Å². The molecule has 5 rings (SSSR count). The highest BCUT2D eigenvalue weighted by atomic mass is 32.2. The molecule has 0 aliphatic heterocycles. The summed E-state index contributed by atoms with van der Waals surface area (Å²) in [6.45, 7) is 1.78. The summed E-state index contributed by atoms with van der Waals surface area (Å²) in [5, 5.41) is 0.268. The maximum absolute atomic E-state index is 13.8. The Hall–Kier alpha value is -4.76. The molecule has 1 heterocycles. The van der Waals surface area contributed by atoms with Gasteiger partial charge in [0.1, 0.15) is 22.7 Å². The summed E-state index contributed by atoms with van der Waals surface area (Å²) in [6, 6.07) is 25.3. The summed E-state index contributed by atoms with van der Waals surface area (Å²) >= 11 is 0. The van der Waals surface area contributed by atoms with Gasteiger partial charge in [-0.2, -0.15) is 4.31 Å². The van der Waals surface area contributed by atoms with E-state index in [-0.39, 0.29) is 39.5 Å². The number of fused-ring (bicyclic) bond motifs is 1. The van der Waals surface area contributed by atoms with Crippen molar-refractivity contribution in [3.05, 3.63) is 120 Å². The van der Waals surface area contributed by atoms with E-state index in [0.29, 0.717) is 15.5 Å². The number of hydrogen-bond donors (Lipinski definition) is 0. The molecule has 0 bridgehead atoms. The topological polar surface area (TPSA) is 93.9 Å². The van der Waals surface area contributed by atoms with Gasteiger partial charge in [-0.15, -0.1) is 0 Å². The second kappa shape index (κ2) is 10.5. The van der Waals surface area contributed by atoms with E-state index in [4.69, 9.17) is 9.15 Å². The van der Waals surface area contributed by atoms with Crippen molar-refractivity contribution in [1.82, 2.24) is 0 Å². The average Bonchev–Trinajstić information content (AvgIpc) is 3.33. The molecule has 9 heteroatoms. The molecule has 0 atom stereocenters. The van der Waals surface area contributed by atoms with Crippen LogP contribution in [0.1, 0.15) is 27.6 Å². The van der Waals surface area contributed by atoms with Crippen molar-refractivity contribution in [1.29, 1.82) is 0 Å². The molecule has 0 fully saturated rings. The first-order valence-corrected chi connectivity index (χ1v) is 13.4. The van der Waals surface area contributed by atoms with E-state index < -0.39 is 27.7 Å². The first-order valence-electron chi connectivity index (χ1n) is 12.0. The van der Waals surface area contributed by atoms with Crippen LogP contribution < -0.4 is 4.31 Å². The molecule has 0 aliphatic carbocycles. The highest BCUT2D eigenvalue weighted by Crippen LogP contribution is 2.37. The molecule has 0 N–H and O–H groups in total. The number of anilines is 1. The van der Waals surface area contributed by atoms with Crippen LogP contribution in [-0.4, -0.2) is 26.9 Å². The number of halogens is 1. The second-order valence-corrected chi connectivity index (χ2v) is 10.3. The third-order valence-electron chi connectivity index (χ3n) is 5.98. The Labute approximate surface area is 224 Å². The third-order valence-corrected chi connectivity index (χ3v) is 7.70. The highest BCUT2D eigenvalue weighted by Gasteiger charge is 2.33. The fourth-order valence-electron chi connectivity index (χ4n) is 4.19. The number of carbonyl (C=O) groups excluding carboxylic acids is 2. The largest absolute Gasteiger partial charge is 0.462 e. The molecule has 1 aromatic heterocycles. The van der Waals surface area contributed by atoms with E-state index in [1.807, 2.05) is 6.07 Å². The Balaban J connectivity index is 1.74. The van der Waals surface area contributed by atoms with Gasteiger partial charge >= 0.3 is 5.97 Å². The number of rotatable bonds is 7. The Morgan fingerprint density at radius 1 is 0.872 bits per heavy atom. The van der Waals surface area contributed by atoms with Crippen LogP contribution in [0, 0.1) is 5.82 Å². The second-order valence-electron chi connectivity index (χ2n) is 8.47. The highest BCUT2D eigenvalue weighted by molar-refractivity contribution is 7.93. The lowest BCUT2D eigenvalue weighted by Crippen LogP contribution is -2.37. The molecule has 7 nitrogen and oxygen atoms in total. The van der Waals surface area contributed by atoms with Gasteiger partial charge in [-0.25, -0.2) is 17.6 Å². The third kappa shape index (κ3) is 4.92. The number of furan rings is 1. The number of esters is 1. The standard InChI is InChI=1S/C30H22FNO6S/c1-2-37-30(34)27-25-19-23(15-18-26(25)38-28(27)20-9-5-3-6-10-20)32(29(33)21-11-7-4-8-12-21)39(35,36)24-16-13-22(31)14-17-24/h3-19H,2H2,1H3. The Bertz CT molecular complexity index is 1770. The molecule has 39 heavy (non-hydrogen) atoms. The fourth-order valence-corrected chi connectivity index (χ4v) is 5.59. The maximum Gasteiger partial charge on any atom is 0.342 e. The molecule has 4 aromatic carbocycles. The normalized spacial score (nSPS) is 11.3. The number of carbonyl (C=O) groups is 2. The lowest BCUT2D eigenvalue weighted by molar-refractivity contribution is 0.0528. The molecule has 5 aromatic rings. The predicted molar refractivity (Wildman–Crippen MR) is 144 cm³/mol. The minimum Gasteiger partial charge on any atom is -0.462 e. The van der Waals surface area contributed by atoms with E-state index in [1.165, 1.54) is 30.3 Å². The van der Waals surface area contributed by atoms with Crippen LogP contribution >= 0.6 is 0 Å². The van der Waals surface area contributed by atoms with E-state index in [2.05, 4.69) is 0 Å². The number of ether oxygens (including phenoxy) is 1. The molecule has 0 saturated carbocycles. The van der Waals surface area contributed by atoms with Crippen molar-refractivity contribution in [3.63, 3.8) is 0 Å². The number of hydrogen-bond acceptors (Lipinski definition) is 6. The van der Waals surface area contributed by atoms with Crippen molar-refractivity contribution in [2.75, 3.05) is 10.9 Å². The molecule has 0 radical (unpaired) electrons. The molecular formula is C30H22FNO6S. The van der Waals surface area contributed by atoms with Gasteiger partial charge in [0.2, 0.25) is 0 Å². The van der Waals surface area contributed by atoms with Crippen LogP contribution in [-0.2, 0) is 14.8 Å². The minimum absolute atomic E-state index is 0.0355. The summed E-state index contributed by atoms with van der Waals surface area (Å²) in [7, 11) is -4.51. The van der Waals surface area contributed by atoms with Crippen LogP contribution in [0.4, 0.5) is 10.1 Å². The SMILES string of the molecule is CCOC(=O)c1c(-c2ccccc2)oc2ccc(N(C(=O)c3ccccc3)S(=O)(=O)c3ccc(F)cc3)cc12. The van der Waals surface area contributed by atoms with Gasteiger partial charge in [0, 0.05) is 16.5 Å². The first-order chi connectivity index (χ1) is 18.8. The molecule has 0 aliphatic rings. The van der Waals surface area contributed by atoms with E-state index >= 15 is 0 Å².